The number of benzene rings is 1. The van der Waals surface area contributed by atoms with Crippen molar-refractivity contribution in [1.82, 2.24) is 10.3 Å². The Morgan fingerprint density at radius 3 is 2.52 bits per heavy atom. The van der Waals surface area contributed by atoms with Gasteiger partial charge in [-0.05, 0) is 24.6 Å². The lowest BCUT2D eigenvalue weighted by molar-refractivity contribution is -0.121. The van der Waals surface area contributed by atoms with Crippen molar-refractivity contribution in [3.05, 3.63) is 66.0 Å². The first-order valence-corrected chi connectivity index (χ1v) is 6.94. The van der Waals surface area contributed by atoms with E-state index in [1.165, 1.54) is 6.20 Å². The van der Waals surface area contributed by atoms with E-state index >= 15 is 0 Å². The second-order valence-electron chi connectivity index (χ2n) is 4.86. The first kappa shape index (κ1) is 14.9. The van der Waals surface area contributed by atoms with Crippen LogP contribution in [-0.2, 0) is 4.79 Å². The largest absolute Gasteiger partial charge is 0.350 e. The summed E-state index contributed by atoms with van der Waals surface area (Å²) >= 11 is 0. The predicted molar refractivity (Wildman–Crippen MR) is 80.8 cm³/mol. The van der Waals surface area contributed by atoms with Crippen LogP contribution in [0.15, 0.2) is 54.9 Å². The summed E-state index contributed by atoms with van der Waals surface area (Å²) in [5.41, 5.74) is 1.59. The summed E-state index contributed by atoms with van der Waals surface area (Å²) < 4.78 is 0. The number of hydrogen-bond acceptors (Lipinski definition) is 3. The molecule has 2 rings (SSSR count). The maximum Gasteiger partial charge on any atom is 0.220 e. The van der Waals surface area contributed by atoms with Crippen molar-refractivity contribution in [3.8, 4) is 0 Å². The van der Waals surface area contributed by atoms with Crippen LogP contribution in [0.2, 0.25) is 0 Å². The van der Waals surface area contributed by atoms with Gasteiger partial charge >= 0.3 is 0 Å². The Labute approximate surface area is 124 Å². The lowest BCUT2D eigenvalue weighted by atomic mass is 10.1. The van der Waals surface area contributed by atoms with Crippen LogP contribution >= 0.6 is 0 Å². The van der Waals surface area contributed by atoms with E-state index in [0.717, 1.165) is 5.56 Å². The Hall–Kier alpha value is -2.49. The molecule has 0 saturated heterocycles. The Bertz CT molecular complexity index is 597. The Morgan fingerprint density at radius 1 is 1.10 bits per heavy atom. The standard InChI is InChI=1S/C17H18N2O2/c1-13(14-6-3-2-4-7-14)19-17(21)10-9-16(20)15-8-5-11-18-12-15/h2-8,11-13H,9-10H2,1H3,(H,19,21). The van der Waals surface area contributed by atoms with Crippen LogP contribution in [0.4, 0.5) is 0 Å². The maximum absolute atomic E-state index is 11.9. The molecule has 0 saturated carbocycles. The van der Waals surface area contributed by atoms with Gasteiger partial charge in [0.1, 0.15) is 0 Å². The van der Waals surface area contributed by atoms with Gasteiger partial charge in [0.2, 0.25) is 5.91 Å². The summed E-state index contributed by atoms with van der Waals surface area (Å²) in [6, 6.07) is 13.1. The van der Waals surface area contributed by atoms with Crippen molar-refractivity contribution in [2.24, 2.45) is 0 Å². The number of nitrogens with one attached hydrogen (secondary N) is 1. The fraction of sp³-hybridized carbons (Fsp3) is 0.235. The van der Waals surface area contributed by atoms with Crippen LogP contribution < -0.4 is 5.32 Å². The van der Waals surface area contributed by atoms with E-state index < -0.39 is 0 Å². The van der Waals surface area contributed by atoms with Crippen LogP contribution in [0, 0.1) is 0 Å². The number of amides is 1. The molecule has 1 aromatic heterocycles. The molecular weight excluding hydrogens is 264 g/mol. The van der Waals surface area contributed by atoms with E-state index in [1.807, 2.05) is 37.3 Å². The molecule has 0 aliphatic rings. The maximum atomic E-state index is 11.9. The van der Waals surface area contributed by atoms with Gasteiger partial charge in [-0.25, -0.2) is 0 Å². The minimum absolute atomic E-state index is 0.0628. The average molecular weight is 282 g/mol. The number of carbonyl (C=O) groups is 2. The van der Waals surface area contributed by atoms with Crippen LogP contribution in [0.3, 0.4) is 0 Å². The highest BCUT2D eigenvalue weighted by Gasteiger charge is 2.12. The summed E-state index contributed by atoms with van der Waals surface area (Å²) in [7, 11) is 0. The molecule has 4 heteroatoms. The lowest BCUT2D eigenvalue weighted by Gasteiger charge is -2.14. The smallest absolute Gasteiger partial charge is 0.220 e. The third kappa shape index (κ3) is 4.53. The molecular formula is C17H18N2O2. The molecule has 1 N–H and O–H groups in total. The van der Waals surface area contributed by atoms with Crippen molar-refractivity contribution >= 4 is 11.7 Å². The third-order valence-electron chi connectivity index (χ3n) is 3.24. The van der Waals surface area contributed by atoms with Gasteiger partial charge in [-0.3, -0.25) is 14.6 Å². The first-order chi connectivity index (χ1) is 10.2. The summed E-state index contributed by atoms with van der Waals surface area (Å²) in [6.07, 6.45) is 3.52. The summed E-state index contributed by atoms with van der Waals surface area (Å²) in [6.45, 7) is 1.93. The second kappa shape index (κ2) is 7.33. The number of nitrogens with zero attached hydrogens (tertiary/aromatic N) is 1. The fourth-order valence-corrected chi connectivity index (χ4v) is 2.04. The molecule has 1 aromatic carbocycles. The van der Waals surface area contributed by atoms with Gasteiger partial charge in [-0.1, -0.05) is 30.3 Å². The molecule has 21 heavy (non-hydrogen) atoms. The molecule has 0 fully saturated rings. The van der Waals surface area contributed by atoms with Crippen LogP contribution in [0.25, 0.3) is 0 Å². The van der Waals surface area contributed by atoms with Gasteiger partial charge in [-0.15, -0.1) is 0 Å². The zero-order valence-corrected chi connectivity index (χ0v) is 12.0. The van der Waals surface area contributed by atoms with Crippen molar-refractivity contribution in [3.63, 3.8) is 0 Å². The molecule has 108 valence electrons. The van der Waals surface area contributed by atoms with E-state index in [9.17, 15) is 9.59 Å². The Balaban J connectivity index is 1.81. The fourth-order valence-electron chi connectivity index (χ4n) is 2.04. The topological polar surface area (TPSA) is 59.1 Å². The highest BCUT2D eigenvalue weighted by Crippen LogP contribution is 2.11. The molecule has 0 aliphatic carbocycles. The Morgan fingerprint density at radius 2 is 1.86 bits per heavy atom. The van der Waals surface area contributed by atoms with E-state index in [1.54, 1.807) is 18.3 Å². The summed E-state index contributed by atoms with van der Waals surface area (Å²) in [5, 5.41) is 2.90. The normalized spacial score (nSPS) is 11.7. The number of hydrogen-bond donors (Lipinski definition) is 1. The van der Waals surface area contributed by atoms with E-state index in [4.69, 9.17) is 0 Å². The van der Waals surface area contributed by atoms with Gasteiger partial charge in [-0.2, -0.15) is 0 Å². The van der Waals surface area contributed by atoms with E-state index in [-0.39, 0.29) is 30.6 Å². The molecule has 1 heterocycles. The first-order valence-electron chi connectivity index (χ1n) is 6.94. The molecule has 4 nitrogen and oxygen atoms in total. The average Bonchev–Trinajstić information content (AvgIpc) is 2.54. The van der Waals surface area contributed by atoms with Gasteiger partial charge < -0.3 is 5.32 Å². The predicted octanol–water partition coefficient (Wildman–Crippen LogP) is 2.92. The van der Waals surface area contributed by atoms with Gasteiger partial charge in [0.25, 0.3) is 0 Å². The number of aromatic nitrogens is 1. The van der Waals surface area contributed by atoms with Crippen molar-refractivity contribution in [2.45, 2.75) is 25.8 Å². The monoisotopic (exact) mass is 282 g/mol. The summed E-state index contributed by atoms with van der Waals surface area (Å²) in [5.74, 6) is -0.186. The molecule has 1 atom stereocenters. The number of rotatable bonds is 6. The van der Waals surface area contributed by atoms with Crippen molar-refractivity contribution in [2.75, 3.05) is 0 Å². The number of carbonyl (C=O) groups excluding carboxylic acids is 2. The molecule has 1 unspecified atom stereocenters. The molecule has 1 amide bonds. The number of pyridine rings is 1. The Kier molecular flexibility index (Phi) is 5.21. The zero-order valence-electron chi connectivity index (χ0n) is 12.0. The molecule has 0 radical (unpaired) electrons. The highest BCUT2D eigenvalue weighted by atomic mass is 16.2. The van der Waals surface area contributed by atoms with Crippen molar-refractivity contribution in [1.29, 1.82) is 0 Å². The third-order valence-corrected chi connectivity index (χ3v) is 3.24. The lowest BCUT2D eigenvalue weighted by Crippen LogP contribution is -2.26. The van der Waals surface area contributed by atoms with Crippen LogP contribution in [0.5, 0.6) is 0 Å². The van der Waals surface area contributed by atoms with Crippen molar-refractivity contribution < 1.29 is 9.59 Å². The number of ketones is 1. The van der Waals surface area contributed by atoms with E-state index in [2.05, 4.69) is 10.3 Å². The van der Waals surface area contributed by atoms with Gasteiger partial charge in [0.15, 0.2) is 5.78 Å². The van der Waals surface area contributed by atoms with Gasteiger partial charge in [0.05, 0.1) is 6.04 Å². The zero-order chi connectivity index (χ0) is 15.1. The quantitative estimate of drug-likeness (QED) is 0.829. The van der Waals surface area contributed by atoms with Gasteiger partial charge in [0, 0.05) is 30.8 Å². The highest BCUT2D eigenvalue weighted by molar-refractivity contribution is 5.97. The number of Topliss-reactive ketones (excluding diaryl/α,β-unsaturated/α-hetero) is 1. The molecule has 0 aliphatic heterocycles. The van der Waals surface area contributed by atoms with Crippen LogP contribution in [0.1, 0.15) is 41.7 Å². The minimum Gasteiger partial charge on any atom is -0.350 e. The van der Waals surface area contributed by atoms with Crippen LogP contribution in [-0.4, -0.2) is 16.7 Å². The second-order valence-corrected chi connectivity index (χ2v) is 4.86. The molecule has 0 spiro atoms. The minimum atomic E-state index is -0.122. The summed E-state index contributed by atoms with van der Waals surface area (Å²) in [4.78, 5) is 27.7. The van der Waals surface area contributed by atoms with E-state index in [0.29, 0.717) is 5.56 Å². The molecule has 2 aromatic rings. The molecule has 0 bridgehead atoms. The SMILES string of the molecule is CC(NC(=O)CCC(=O)c1cccnc1)c1ccccc1.